The molecule has 4 rings (SSSR count). The highest BCUT2D eigenvalue weighted by Crippen LogP contribution is 2.26. The number of methoxy groups -OCH3 is 1. The lowest BCUT2D eigenvalue weighted by Gasteiger charge is -2.10. The Kier molecular flexibility index (Phi) is 8.69. The molecule has 1 aromatic carbocycles. The zero-order valence-electron chi connectivity index (χ0n) is 20.8. The Morgan fingerprint density at radius 2 is 2.00 bits per heavy atom. The molecule has 0 radical (unpaired) electrons. The van der Waals surface area contributed by atoms with E-state index in [1.165, 1.54) is 30.6 Å². The van der Waals surface area contributed by atoms with E-state index in [-0.39, 0.29) is 22.5 Å². The van der Waals surface area contributed by atoms with Crippen LogP contribution in [-0.2, 0) is 28.9 Å². The highest BCUT2D eigenvalue weighted by molar-refractivity contribution is 7.91. The normalized spacial score (nSPS) is 16.2. The van der Waals surface area contributed by atoms with Gasteiger partial charge in [-0.05, 0) is 30.7 Å². The fourth-order valence-corrected chi connectivity index (χ4v) is 5.66. The lowest BCUT2D eigenvalue weighted by Crippen LogP contribution is -2.25. The SMILES string of the molecule is COCCCS(=O)(=O)c1ccc(C(=NO[C@@H]2CCOC2)C(=O)Nc2nc3ccc(N(C)C)nc3s2)cc1. The molecule has 1 amide bonds. The number of nitrogens with zero attached hydrogens (tertiary/aromatic N) is 4. The molecule has 1 N–H and O–H groups in total. The number of rotatable bonds is 11. The molecule has 1 atom stereocenters. The minimum Gasteiger partial charge on any atom is -0.389 e. The number of ether oxygens (including phenoxy) is 2. The Morgan fingerprint density at radius 1 is 1.22 bits per heavy atom. The van der Waals surface area contributed by atoms with Gasteiger partial charge < -0.3 is 19.2 Å². The number of benzene rings is 1. The summed E-state index contributed by atoms with van der Waals surface area (Å²) in [4.78, 5) is 30.6. The molecule has 1 fully saturated rings. The van der Waals surface area contributed by atoms with Crippen molar-refractivity contribution in [1.29, 1.82) is 0 Å². The number of pyridine rings is 1. The molecule has 0 bridgehead atoms. The van der Waals surface area contributed by atoms with Crippen molar-refractivity contribution >= 4 is 54.1 Å². The number of carbonyl (C=O) groups is 1. The van der Waals surface area contributed by atoms with Crippen LogP contribution in [0.15, 0.2) is 46.4 Å². The zero-order valence-corrected chi connectivity index (χ0v) is 22.5. The van der Waals surface area contributed by atoms with Crippen LogP contribution in [0.1, 0.15) is 18.4 Å². The van der Waals surface area contributed by atoms with Crippen LogP contribution in [0, 0.1) is 0 Å². The van der Waals surface area contributed by atoms with Gasteiger partial charge >= 0.3 is 0 Å². The van der Waals surface area contributed by atoms with Crippen molar-refractivity contribution in [3.05, 3.63) is 42.0 Å². The lowest BCUT2D eigenvalue weighted by molar-refractivity contribution is -0.110. The van der Waals surface area contributed by atoms with Crippen LogP contribution in [0.3, 0.4) is 0 Å². The second-order valence-electron chi connectivity index (χ2n) is 8.58. The molecule has 13 heteroatoms. The maximum absolute atomic E-state index is 13.3. The minimum absolute atomic E-state index is 0.00331. The Morgan fingerprint density at radius 3 is 2.68 bits per heavy atom. The number of thiazole rings is 1. The molecule has 0 aliphatic carbocycles. The van der Waals surface area contributed by atoms with Crippen molar-refractivity contribution in [3.8, 4) is 0 Å². The van der Waals surface area contributed by atoms with E-state index in [1.54, 1.807) is 12.1 Å². The number of fused-ring (bicyclic) bond motifs is 1. The molecular weight excluding hydrogens is 518 g/mol. The number of hydrogen-bond acceptors (Lipinski definition) is 11. The van der Waals surface area contributed by atoms with Gasteiger partial charge in [0.15, 0.2) is 26.8 Å². The first kappa shape index (κ1) is 26.9. The van der Waals surface area contributed by atoms with Crippen LogP contribution in [0.2, 0.25) is 0 Å². The molecule has 0 unspecified atom stereocenters. The van der Waals surface area contributed by atoms with Crippen molar-refractivity contribution in [1.82, 2.24) is 9.97 Å². The van der Waals surface area contributed by atoms with Gasteiger partial charge in [0.1, 0.15) is 16.2 Å². The van der Waals surface area contributed by atoms with Gasteiger partial charge in [-0.1, -0.05) is 28.6 Å². The first-order valence-electron chi connectivity index (χ1n) is 11.7. The Hall–Kier alpha value is -3.13. The van der Waals surface area contributed by atoms with Gasteiger partial charge in [-0.15, -0.1) is 0 Å². The number of oxime groups is 1. The van der Waals surface area contributed by atoms with Gasteiger partial charge in [0.2, 0.25) is 0 Å². The second-order valence-corrected chi connectivity index (χ2v) is 11.7. The molecular formula is C24H29N5O6S2. The Labute approximate surface area is 219 Å². The summed E-state index contributed by atoms with van der Waals surface area (Å²) < 4.78 is 35.5. The predicted molar refractivity (Wildman–Crippen MR) is 142 cm³/mol. The summed E-state index contributed by atoms with van der Waals surface area (Å²) in [6, 6.07) is 9.70. The van der Waals surface area contributed by atoms with Crippen molar-refractivity contribution in [2.75, 3.05) is 57.0 Å². The number of hydrogen-bond donors (Lipinski definition) is 1. The van der Waals surface area contributed by atoms with Crippen LogP contribution < -0.4 is 10.2 Å². The lowest BCUT2D eigenvalue weighted by atomic mass is 10.1. The highest BCUT2D eigenvalue weighted by atomic mass is 32.2. The van der Waals surface area contributed by atoms with E-state index in [4.69, 9.17) is 14.3 Å². The Bertz CT molecular complexity index is 1370. The van der Waals surface area contributed by atoms with E-state index in [1.807, 2.05) is 31.1 Å². The topological polar surface area (TPSA) is 132 Å². The van der Waals surface area contributed by atoms with Crippen molar-refractivity contribution in [3.63, 3.8) is 0 Å². The first-order chi connectivity index (χ1) is 17.8. The molecule has 1 saturated heterocycles. The van der Waals surface area contributed by atoms with Crippen molar-refractivity contribution in [2.24, 2.45) is 5.16 Å². The van der Waals surface area contributed by atoms with E-state index in [0.717, 1.165) is 5.82 Å². The van der Waals surface area contributed by atoms with Gasteiger partial charge in [-0.3, -0.25) is 10.1 Å². The number of carbonyl (C=O) groups excluding carboxylic acids is 1. The molecule has 3 aromatic rings. The van der Waals surface area contributed by atoms with Crippen LogP contribution >= 0.6 is 11.3 Å². The smallest absolute Gasteiger partial charge is 0.280 e. The number of sulfone groups is 1. The average Bonchev–Trinajstić information content (AvgIpc) is 3.53. The predicted octanol–water partition coefficient (Wildman–Crippen LogP) is 2.72. The number of nitrogens with one attached hydrogen (secondary N) is 1. The molecule has 3 heterocycles. The van der Waals surface area contributed by atoms with Gasteiger partial charge in [-0.2, -0.15) is 0 Å². The second kappa shape index (κ2) is 11.9. The zero-order chi connectivity index (χ0) is 26.4. The van der Waals surface area contributed by atoms with E-state index >= 15 is 0 Å². The standard InChI is InChI=1S/C24H29N5O6S2/c1-29(2)20-10-9-19-23(26-20)36-24(25-19)27-22(30)21(28-35-17-11-13-34-15-17)16-5-7-18(8-6-16)37(31,32)14-4-12-33-3/h5-10,17H,4,11-15H2,1-3H3,(H,25,27,30)/t17-/m1/s1. The van der Waals surface area contributed by atoms with E-state index < -0.39 is 15.7 Å². The third-order valence-corrected chi connectivity index (χ3v) is 8.26. The summed E-state index contributed by atoms with van der Waals surface area (Å²) in [6.45, 7) is 1.30. The van der Waals surface area contributed by atoms with Gasteiger partial charge in [0.05, 0.1) is 23.9 Å². The van der Waals surface area contributed by atoms with E-state index in [9.17, 15) is 13.2 Å². The summed E-state index contributed by atoms with van der Waals surface area (Å²) >= 11 is 1.24. The first-order valence-corrected chi connectivity index (χ1v) is 14.1. The Balaban J connectivity index is 1.57. The summed E-state index contributed by atoms with van der Waals surface area (Å²) in [5.41, 5.74) is 1.06. The van der Waals surface area contributed by atoms with Crippen LogP contribution in [0.5, 0.6) is 0 Å². The molecule has 2 aromatic heterocycles. The molecule has 0 saturated carbocycles. The van der Waals surface area contributed by atoms with Crippen LogP contribution in [-0.4, -0.2) is 82.9 Å². The third-order valence-electron chi connectivity index (χ3n) is 5.56. The summed E-state index contributed by atoms with van der Waals surface area (Å²) in [7, 11) is 1.84. The quantitative estimate of drug-likeness (QED) is 0.219. The molecule has 37 heavy (non-hydrogen) atoms. The van der Waals surface area contributed by atoms with Crippen molar-refractivity contribution in [2.45, 2.75) is 23.8 Å². The molecule has 1 aliphatic rings. The summed E-state index contributed by atoms with van der Waals surface area (Å²) in [5, 5.41) is 7.26. The summed E-state index contributed by atoms with van der Waals surface area (Å²) in [6.07, 6.45) is 0.786. The fraction of sp³-hybridized carbons (Fsp3) is 0.417. The van der Waals surface area contributed by atoms with E-state index in [2.05, 4.69) is 20.4 Å². The van der Waals surface area contributed by atoms with Gasteiger partial charge in [-0.25, -0.2) is 18.4 Å². The molecule has 198 valence electrons. The number of anilines is 2. The highest BCUT2D eigenvalue weighted by Gasteiger charge is 2.22. The monoisotopic (exact) mass is 547 g/mol. The van der Waals surface area contributed by atoms with Gasteiger partial charge in [0.25, 0.3) is 5.91 Å². The molecule has 1 aliphatic heterocycles. The number of aromatic nitrogens is 2. The van der Waals surface area contributed by atoms with Gasteiger partial charge in [0, 0.05) is 39.8 Å². The average molecular weight is 548 g/mol. The minimum atomic E-state index is -3.48. The summed E-state index contributed by atoms with van der Waals surface area (Å²) in [5.74, 6) is 0.204. The van der Waals surface area contributed by atoms with Crippen LogP contribution in [0.4, 0.5) is 10.9 Å². The largest absolute Gasteiger partial charge is 0.389 e. The number of amides is 1. The van der Waals surface area contributed by atoms with Crippen molar-refractivity contribution < 1.29 is 27.5 Å². The third kappa shape index (κ3) is 6.80. The van der Waals surface area contributed by atoms with E-state index in [0.29, 0.717) is 53.7 Å². The maximum Gasteiger partial charge on any atom is 0.280 e. The molecule has 0 spiro atoms. The fourth-order valence-electron chi connectivity index (χ4n) is 3.55. The maximum atomic E-state index is 13.3. The molecule has 11 nitrogen and oxygen atoms in total. The van der Waals surface area contributed by atoms with Crippen LogP contribution in [0.25, 0.3) is 10.3 Å².